The van der Waals surface area contributed by atoms with Gasteiger partial charge in [-0.2, -0.15) is 0 Å². The van der Waals surface area contributed by atoms with Crippen molar-refractivity contribution in [1.29, 1.82) is 0 Å². The van der Waals surface area contributed by atoms with Gasteiger partial charge in [-0.15, -0.1) is 11.3 Å². The summed E-state index contributed by atoms with van der Waals surface area (Å²) in [6.07, 6.45) is 1.81. The van der Waals surface area contributed by atoms with E-state index >= 15 is 0 Å². The van der Waals surface area contributed by atoms with Crippen LogP contribution in [0.25, 0.3) is 10.2 Å². The van der Waals surface area contributed by atoms with Crippen LogP contribution < -0.4 is 5.32 Å². The van der Waals surface area contributed by atoms with E-state index in [2.05, 4.69) is 10.3 Å². The number of amides is 1. The van der Waals surface area contributed by atoms with Crippen LogP contribution >= 0.6 is 34.7 Å². The van der Waals surface area contributed by atoms with Crippen molar-refractivity contribution in [1.82, 2.24) is 4.98 Å². The summed E-state index contributed by atoms with van der Waals surface area (Å²) in [5, 5.41) is 3.06. The number of thiazole rings is 1. The Hall–Kier alpha value is -1.11. The summed E-state index contributed by atoms with van der Waals surface area (Å²) >= 11 is 9.19. The average molecular weight is 315 g/mol. The van der Waals surface area contributed by atoms with E-state index in [0.29, 0.717) is 10.7 Å². The summed E-state index contributed by atoms with van der Waals surface area (Å²) in [6, 6.07) is 3.50. The first-order valence-corrected chi connectivity index (χ1v) is 7.85. The number of fused-ring (bicyclic) bond motifs is 1. The highest BCUT2D eigenvalue weighted by Crippen LogP contribution is 2.34. The Morgan fingerprint density at radius 3 is 2.84 bits per heavy atom. The van der Waals surface area contributed by atoms with E-state index in [0.717, 1.165) is 14.6 Å². The molecule has 1 aromatic heterocycles. The molecule has 7 heteroatoms. The Kier molecular flexibility index (Phi) is 4.44. The number of benzene rings is 1. The van der Waals surface area contributed by atoms with Gasteiger partial charge in [0.1, 0.15) is 5.78 Å². The van der Waals surface area contributed by atoms with E-state index in [1.807, 2.05) is 6.26 Å². The zero-order chi connectivity index (χ0) is 14.0. The standard InChI is InChI=1S/C12H11ClN2O2S2/c1-6(16)3-11(17)14-8-5-10-9(4-7(8)13)15-12(18-2)19-10/h4-5H,3H2,1-2H3,(H,14,17). The number of nitrogens with zero attached hydrogens (tertiary/aromatic N) is 1. The van der Waals surface area contributed by atoms with Crippen LogP contribution in [0.3, 0.4) is 0 Å². The molecular weight excluding hydrogens is 304 g/mol. The maximum absolute atomic E-state index is 11.6. The number of anilines is 1. The summed E-state index contributed by atoms with van der Waals surface area (Å²) in [7, 11) is 0. The molecule has 0 saturated heterocycles. The van der Waals surface area contributed by atoms with Crippen LogP contribution in [-0.4, -0.2) is 22.9 Å². The van der Waals surface area contributed by atoms with Crippen LogP contribution in [0.2, 0.25) is 5.02 Å². The van der Waals surface area contributed by atoms with Crippen molar-refractivity contribution in [3.8, 4) is 0 Å². The zero-order valence-corrected chi connectivity index (χ0v) is 12.7. The number of aromatic nitrogens is 1. The van der Waals surface area contributed by atoms with Crippen molar-refractivity contribution >= 4 is 62.3 Å². The van der Waals surface area contributed by atoms with Crippen molar-refractivity contribution in [2.24, 2.45) is 0 Å². The van der Waals surface area contributed by atoms with Crippen molar-refractivity contribution in [2.75, 3.05) is 11.6 Å². The number of Topliss-reactive ketones (excluding diaryl/α,β-unsaturated/α-hetero) is 1. The molecule has 100 valence electrons. The van der Waals surface area contributed by atoms with Gasteiger partial charge >= 0.3 is 0 Å². The third-order valence-corrected chi connectivity index (χ3v) is 4.63. The molecule has 0 radical (unpaired) electrons. The van der Waals surface area contributed by atoms with E-state index in [1.165, 1.54) is 18.3 Å². The lowest BCUT2D eigenvalue weighted by atomic mass is 10.2. The summed E-state index contributed by atoms with van der Waals surface area (Å²) in [4.78, 5) is 26.8. The van der Waals surface area contributed by atoms with Crippen LogP contribution in [0.5, 0.6) is 0 Å². The van der Waals surface area contributed by atoms with Crippen molar-refractivity contribution < 1.29 is 9.59 Å². The summed E-state index contributed by atoms with van der Waals surface area (Å²) < 4.78 is 1.89. The van der Waals surface area contributed by atoms with Crippen LogP contribution in [0.4, 0.5) is 5.69 Å². The minimum absolute atomic E-state index is 0.146. The molecule has 1 N–H and O–H groups in total. The molecule has 0 unspecified atom stereocenters. The van der Waals surface area contributed by atoms with Crippen LogP contribution in [-0.2, 0) is 9.59 Å². The van der Waals surface area contributed by atoms with Crippen molar-refractivity contribution in [2.45, 2.75) is 17.7 Å². The van der Waals surface area contributed by atoms with E-state index in [1.54, 1.807) is 23.9 Å². The third-order valence-electron chi connectivity index (χ3n) is 2.32. The van der Waals surface area contributed by atoms with E-state index < -0.39 is 0 Å². The monoisotopic (exact) mass is 314 g/mol. The molecule has 0 fully saturated rings. The van der Waals surface area contributed by atoms with Crippen LogP contribution in [0, 0.1) is 0 Å². The fourth-order valence-corrected chi connectivity index (χ4v) is 3.25. The van der Waals surface area contributed by atoms with Gasteiger partial charge in [0.05, 0.1) is 27.3 Å². The number of ketones is 1. The summed E-state index contributed by atoms with van der Waals surface area (Å²) in [5.74, 6) is -0.541. The minimum atomic E-state index is -0.358. The van der Waals surface area contributed by atoms with Gasteiger partial charge in [0, 0.05) is 0 Å². The Bertz CT molecular complexity index is 654. The highest BCUT2D eigenvalue weighted by atomic mass is 35.5. The molecule has 2 aromatic rings. The van der Waals surface area contributed by atoms with E-state index in [4.69, 9.17) is 11.6 Å². The van der Waals surface area contributed by atoms with Gasteiger partial charge in [0.25, 0.3) is 0 Å². The Balaban J connectivity index is 2.30. The predicted octanol–water partition coefficient (Wildman–Crippen LogP) is 3.59. The van der Waals surface area contributed by atoms with Crippen LogP contribution in [0.1, 0.15) is 13.3 Å². The second kappa shape index (κ2) is 5.90. The van der Waals surface area contributed by atoms with Crippen molar-refractivity contribution in [3.05, 3.63) is 17.2 Å². The van der Waals surface area contributed by atoms with Gasteiger partial charge in [0.15, 0.2) is 4.34 Å². The number of halogens is 1. The number of thioether (sulfide) groups is 1. The zero-order valence-electron chi connectivity index (χ0n) is 10.3. The second-order valence-corrected chi connectivity index (χ2v) is 6.40. The van der Waals surface area contributed by atoms with Gasteiger partial charge in [-0.05, 0) is 25.3 Å². The molecule has 19 heavy (non-hydrogen) atoms. The molecule has 1 aromatic carbocycles. The van der Waals surface area contributed by atoms with E-state index in [-0.39, 0.29) is 18.1 Å². The fraction of sp³-hybridized carbons (Fsp3) is 0.250. The molecular formula is C12H11ClN2O2S2. The summed E-state index contributed by atoms with van der Waals surface area (Å²) in [6.45, 7) is 1.37. The number of carbonyl (C=O) groups is 2. The largest absolute Gasteiger partial charge is 0.324 e. The number of hydrogen-bond acceptors (Lipinski definition) is 5. The molecule has 1 amide bonds. The van der Waals surface area contributed by atoms with E-state index in [9.17, 15) is 9.59 Å². The SMILES string of the molecule is CSc1nc2cc(Cl)c(NC(=O)CC(C)=O)cc2s1. The second-order valence-electron chi connectivity index (χ2n) is 3.91. The average Bonchev–Trinajstić information content (AvgIpc) is 2.70. The van der Waals surface area contributed by atoms with Crippen molar-refractivity contribution in [3.63, 3.8) is 0 Å². The van der Waals surface area contributed by atoms with Crippen LogP contribution in [0.15, 0.2) is 16.5 Å². The Morgan fingerprint density at radius 1 is 1.47 bits per heavy atom. The van der Waals surface area contributed by atoms with Gasteiger partial charge in [0.2, 0.25) is 5.91 Å². The minimum Gasteiger partial charge on any atom is -0.324 e. The maximum atomic E-state index is 11.6. The first-order chi connectivity index (χ1) is 8.99. The first kappa shape index (κ1) is 14.3. The van der Waals surface area contributed by atoms with Gasteiger partial charge in [-0.25, -0.2) is 4.98 Å². The normalized spacial score (nSPS) is 10.7. The smallest absolute Gasteiger partial charge is 0.231 e. The molecule has 4 nitrogen and oxygen atoms in total. The molecule has 0 aliphatic heterocycles. The molecule has 0 bridgehead atoms. The number of rotatable bonds is 4. The highest BCUT2D eigenvalue weighted by molar-refractivity contribution is 8.00. The molecule has 0 atom stereocenters. The molecule has 0 aliphatic rings. The summed E-state index contributed by atoms with van der Waals surface area (Å²) in [5.41, 5.74) is 1.32. The number of nitrogens with one attached hydrogen (secondary N) is 1. The Labute approximate surface area is 123 Å². The van der Waals surface area contributed by atoms with Gasteiger partial charge < -0.3 is 5.32 Å². The molecule has 0 saturated carbocycles. The lowest BCUT2D eigenvalue weighted by Gasteiger charge is -2.06. The topological polar surface area (TPSA) is 59.1 Å². The molecule has 0 spiro atoms. The van der Waals surface area contributed by atoms with Gasteiger partial charge in [-0.1, -0.05) is 23.4 Å². The Morgan fingerprint density at radius 2 is 2.21 bits per heavy atom. The predicted molar refractivity (Wildman–Crippen MR) is 80.3 cm³/mol. The lowest BCUT2D eigenvalue weighted by molar-refractivity contribution is -0.124. The third kappa shape index (κ3) is 3.46. The quantitative estimate of drug-likeness (QED) is 0.692. The fourth-order valence-electron chi connectivity index (χ4n) is 1.53. The molecule has 0 aliphatic carbocycles. The highest BCUT2D eigenvalue weighted by Gasteiger charge is 2.11. The van der Waals surface area contributed by atoms with Gasteiger partial charge in [-0.3, -0.25) is 9.59 Å². The molecule has 1 heterocycles. The number of carbonyl (C=O) groups excluding carboxylic acids is 2. The first-order valence-electron chi connectivity index (χ1n) is 5.43. The number of hydrogen-bond donors (Lipinski definition) is 1. The maximum Gasteiger partial charge on any atom is 0.231 e. The molecule has 2 rings (SSSR count). The lowest BCUT2D eigenvalue weighted by Crippen LogP contribution is -2.14.